The summed E-state index contributed by atoms with van der Waals surface area (Å²) < 4.78 is 43.1. The molecule has 0 radical (unpaired) electrons. The minimum Gasteiger partial charge on any atom is -0.497 e. The van der Waals surface area contributed by atoms with Crippen LogP contribution < -0.4 is 4.74 Å². The van der Waals surface area contributed by atoms with Gasteiger partial charge in [-0.1, -0.05) is 0 Å². The summed E-state index contributed by atoms with van der Waals surface area (Å²) in [5.74, 6) is -3.01. The number of hydrogen-bond acceptors (Lipinski definition) is 7. The van der Waals surface area contributed by atoms with Crippen LogP contribution >= 0.6 is 0 Å². The van der Waals surface area contributed by atoms with Crippen molar-refractivity contribution in [3.8, 4) is 22.7 Å². The van der Waals surface area contributed by atoms with E-state index in [1.54, 1.807) is 39.2 Å². The molecule has 1 aromatic heterocycles. The molecule has 0 saturated carbocycles. The number of nitrogens with zero attached hydrogens (tertiary/aromatic N) is 1. The molecule has 0 aliphatic carbocycles. The highest BCUT2D eigenvalue weighted by molar-refractivity contribution is 6.05. The summed E-state index contributed by atoms with van der Waals surface area (Å²) in [6, 6.07) is 20.5. The molecule has 0 fully saturated rings. The van der Waals surface area contributed by atoms with Gasteiger partial charge in [0.2, 0.25) is 0 Å². The van der Waals surface area contributed by atoms with Gasteiger partial charge in [-0.05, 0) is 112 Å². The number of ether oxygens (including phenoxy) is 3. The smallest absolute Gasteiger partial charge is 0.339 e. The summed E-state index contributed by atoms with van der Waals surface area (Å²) in [7, 11) is 1.61. The number of carbonyl (C=O) groups is 4. The largest absolute Gasteiger partial charge is 0.497 e. The third-order valence-corrected chi connectivity index (χ3v) is 6.83. The fraction of sp³-hybridized carbons (Fsp3) is 0.257. The predicted molar refractivity (Wildman–Crippen MR) is 165 cm³/mol. The van der Waals surface area contributed by atoms with Gasteiger partial charge < -0.3 is 18.8 Å². The lowest BCUT2D eigenvalue weighted by Crippen LogP contribution is -2.27. The van der Waals surface area contributed by atoms with Crippen LogP contribution in [0.4, 0.5) is 8.78 Å². The lowest BCUT2D eigenvalue weighted by atomic mass is 9.95. The SMILES string of the molecule is CCOC(=O)C(CC(=O)c1ccc(F)cc1)C(C)=O.CCOC(=O)c1cc(-c2ccc(F)cc2)n(-c2ccc(OC)cc2)c1C. The van der Waals surface area contributed by atoms with Gasteiger partial charge in [-0.25, -0.2) is 13.6 Å². The van der Waals surface area contributed by atoms with Crippen molar-refractivity contribution in [2.75, 3.05) is 20.3 Å². The summed E-state index contributed by atoms with van der Waals surface area (Å²) in [5, 5.41) is 0. The van der Waals surface area contributed by atoms with Crippen molar-refractivity contribution in [2.24, 2.45) is 5.92 Å². The molecule has 236 valence electrons. The Morgan fingerprint density at radius 1 is 0.800 bits per heavy atom. The summed E-state index contributed by atoms with van der Waals surface area (Å²) in [5.41, 5.74) is 3.97. The van der Waals surface area contributed by atoms with Gasteiger partial charge in [-0.15, -0.1) is 0 Å². The molecule has 1 atom stereocenters. The van der Waals surface area contributed by atoms with Crippen LogP contribution in [0.25, 0.3) is 16.9 Å². The average Bonchev–Trinajstić information content (AvgIpc) is 3.37. The maximum absolute atomic E-state index is 13.3. The second-order valence-corrected chi connectivity index (χ2v) is 9.84. The molecule has 8 nitrogen and oxygen atoms in total. The van der Waals surface area contributed by atoms with E-state index < -0.39 is 29.3 Å². The van der Waals surface area contributed by atoms with Gasteiger partial charge in [0, 0.05) is 23.4 Å². The van der Waals surface area contributed by atoms with Crippen molar-refractivity contribution >= 4 is 23.5 Å². The lowest BCUT2D eigenvalue weighted by Gasteiger charge is -2.13. The highest BCUT2D eigenvalue weighted by Crippen LogP contribution is 2.31. The number of ketones is 2. The quantitative estimate of drug-likeness (QED) is 0.102. The standard InChI is InChI=1S/C21H20FNO3.C14H15FO4/c1-4-26-21(24)19-13-20(15-5-7-16(22)8-6-15)23(14(19)2)17-9-11-18(25-3)12-10-17;1-3-19-14(18)12(9(2)16)8-13(17)10-4-6-11(15)7-5-10/h5-13H,4H2,1-3H3;4-7,12H,3,8H2,1-2H3. The van der Waals surface area contributed by atoms with Crippen molar-refractivity contribution in [2.45, 2.75) is 34.1 Å². The van der Waals surface area contributed by atoms with E-state index in [4.69, 9.17) is 14.2 Å². The van der Waals surface area contributed by atoms with Crippen LogP contribution in [0.2, 0.25) is 0 Å². The van der Waals surface area contributed by atoms with Gasteiger partial charge in [-0.2, -0.15) is 0 Å². The number of Topliss-reactive ketones (excluding diaryl/α,β-unsaturated/α-hetero) is 2. The minimum atomic E-state index is -1.10. The summed E-state index contributed by atoms with van der Waals surface area (Å²) in [6.45, 7) is 6.94. The molecule has 0 amide bonds. The number of esters is 2. The van der Waals surface area contributed by atoms with E-state index in [0.717, 1.165) is 40.5 Å². The molecular formula is C35H35F2NO7. The van der Waals surface area contributed by atoms with E-state index in [9.17, 15) is 28.0 Å². The van der Waals surface area contributed by atoms with Gasteiger partial charge in [-0.3, -0.25) is 14.4 Å². The van der Waals surface area contributed by atoms with Crippen molar-refractivity contribution in [3.63, 3.8) is 0 Å². The minimum absolute atomic E-state index is 0.146. The Kier molecular flexibility index (Phi) is 12.3. The molecule has 10 heteroatoms. The summed E-state index contributed by atoms with van der Waals surface area (Å²) >= 11 is 0. The van der Waals surface area contributed by atoms with Gasteiger partial charge in [0.25, 0.3) is 0 Å². The Hall–Kier alpha value is -5.12. The first-order valence-corrected chi connectivity index (χ1v) is 14.3. The van der Waals surface area contributed by atoms with Crippen molar-refractivity contribution in [1.82, 2.24) is 4.57 Å². The molecular weight excluding hydrogens is 584 g/mol. The zero-order valence-corrected chi connectivity index (χ0v) is 25.8. The number of rotatable bonds is 11. The molecule has 0 bridgehead atoms. The first kappa shape index (κ1) is 34.4. The second-order valence-electron chi connectivity index (χ2n) is 9.84. The van der Waals surface area contributed by atoms with Crippen LogP contribution in [0.15, 0.2) is 78.9 Å². The molecule has 0 N–H and O–H groups in total. The highest BCUT2D eigenvalue weighted by Gasteiger charge is 2.28. The molecule has 0 aliphatic heterocycles. The van der Waals surface area contributed by atoms with Gasteiger partial charge in [0.15, 0.2) is 5.78 Å². The van der Waals surface area contributed by atoms with E-state index in [0.29, 0.717) is 12.2 Å². The molecule has 45 heavy (non-hydrogen) atoms. The number of methoxy groups -OCH3 is 1. The Balaban J connectivity index is 0.000000259. The van der Waals surface area contributed by atoms with Crippen LogP contribution in [0.1, 0.15) is 53.6 Å². The monoisotopic (exact) mass is 619 g/mol. The fourth-order valence-corrected chi connectivity index (χ4v) is 4.49. The maximum Gasteiger partial charge on any atom is 0.339 e. The van der Waals surface area contributed by atoms with Crippen molar-refractivity contribution in [1.29, 1.82) is 0 Å². The Morgan fingerprint density at radius 2 is 1.36 bits per heavy atom. The highest BCUT2D eigenvalue weighted by atomic mass is 19.1. The van der Waals surface area contributed by atoms with Crippen LogP contribution in [0.3, 0.4) is 0 Å². The van der Waals surface area contributed by atoms with Gasteiger partial charge in [0.1, 0.15) is 29.1 Å². The van der Waals surface area contributed by atoms with Crippen molar-refractivity contribution < 1.29 is 42.2 Å². The predicted octanol–water partition coefficient (Wildman–Crippen LogP) is 6.94. The van der Waals surface area contributed by atoms with E-state index >= 15 is 0 Å². The molecule has 4 rings (SSSR count). The molecule has 1 unspecified atom stereocenters. The average molecular weight is 620 g/mol. The number of benzene rings is 3. The molecule has 4 aromatic rings. The van der Waals surface area contributed by atoms with E-state index in [2.05, 4.69) is 0 Å². The van der Waals surface area contributed by atoms with Crippen LogP contribution in [0, 0.1) is 24.5 Å². The first-order chi connectivity index (χ1) is 21.5. The van der Waals surface area contributed by atoms with Gasteiger partial charge >= 0.3 is 11.9 Å². The van der Waals surface area contributed by atoms with E-state index in [1.165, 1.54) is 31.2 Å². The summed E-state index contributed by atoms with van der Waals surface area (Å²) in [6.07, 6.45) is -0.264. The van der Waals surface area contributed by atoms with Crippen LogP contribution in [-0.4, -0.2) is 48.4 Å². The number of halogens is 2. The van der Waals surface area contributed by atoms with Crippen molar-refractivity contribution in [3.05, 3.63) is 107 Å². The Bertz CT molecular complexity index is 1630. The number of hydrogen-bond donors (Lipinski definition) is 0. The fourth-order valence-electron chi connectivity index (χ4n) is 4.49. The third-order valence-electron chi connectivity index (χ3n) is 6.83. The van der Waals surface area contributed by atoms with Crippen LogP contribution in [-0.2, 0) is 19.1 Å². The normalized spacial score (nSPS) is 11.1. The third kappa shape index (κ3) is 8.95. The van der Waals surface area contributed by atoms with E-state index in [-0.39, 0.29) is 30.4 Å². The zero-order chi connectivity index (χ0) is 33.1. The lowest BCUT2D eigenvalue weighted by molar-refractivity contribution is -0.151. The molecule has 0 spiro atoms. The number of carbonyl (C=O) groups excluding carboxylic acids is 4. The molecule has 3 aromatic carbocycles. The molecule has 1 heterocycles. The molecule has 0 saturated heterocycles. The topological polar surface area (TPSA) is 101 Å². The zero-order valence-electron chi connectivity index (χ0n) is 25.8. The van der Waals surface area contributed by atoms with Crippen LogP contribution in [0.5, 0.6) is 5.75 Å². The first-order valence-electron chi connectivity index (χ1n) is 14.3. The molecule has 0 aliphatic rings. The van der Waals surface area contributed by atoms with Gasteiger partial charge in [0.05, 0.1) is 31.6 Å². The van der Waals surface area contributed by atoms with E-state index in [1.807, 2.05) is 35.8 Å². The Labute approximate surface area is 260 Å². The number of aromatic nitrogens is 1. The summed E-state index contributed by atoms with van der Waals surface area (Å²) in [4.78, 5) is 47.1. The maximum atomic E-state index is 13.3. The Morgan fingerprint density at radius 3 is 1.87 bits per heavy atom. The second kappa shape index (κ2) is 16.1.